The molecule has 1 aromatic rings. The van der Waals surface area contributed by atoms with Gasteiger partial charge < -0.3 is 10.0 Å². The van der Waals surface area contributed by atoms with E-state index in [1.54, 1.807) is 24.8 Å². The molecule has 1 rings (SSSR count). The standard InChI is InChI=1S/C11H15Br2NO2S/c1-4-14(6-11(2,3)16)10(15)7-5-8(12)17-9(7)13/h5,16H,4,6H2,1-3H3. The van der Waals surface area contributed by atoms with E-state index in [1.165, 1.54) is 11.3 Å². The molecule has 1 aromatic heterocycles. The molecular formula is C11H15Br2NO2S. The van der Waals surface area contributed by atoms with Gasteiger partial charge in [0.25, 0.3) is 5.91 Å². The van der Waals surface area contributed by atoms with Crippen molar-refractivity contribution in [2.75, 3.05) is 13.1 Å². The summed E-state index contributed by atoms with van der Waals surface area (Å²) in [6.07, 6.45) is 0. The summed E-state index contributed by atoms with van der Waals surface area (Å²) in [7, 11) is 0. The van der Waals surface area contributed by atoms with Gasteiger partial charge in [0.1, 0.15) is 0 Å². The Kier molecular flexibility index (Phi) is 5.19. The Morgan fingerprint density at radius 1 is 1.53 bits per heavy atom. The van der Waals surface area contributed by atoms with Gasteiger partial charge in [-0.15, -0.1) is 11.3 Å². The molecular weight excluding hydrogens is 370 g/mol. The molecule has 0 saturated heterocycles. The Labute approximate surface area is 122 Å². The lowest BCUT2D eigenvalue weighted by molar-refractivity contribution is 0.0314. The summed E-state index contributed by atoms with van der Waals surface area (Å²) in [5.74, 6) is -0.0662. The predicted molar refractivity (Wildman–Crippen MR) is 77.6 cm³/mol. The van der Waals surface area contributed by atoms with Gasteiger partial charge >= 0.3 is 0 Å². The maximum Gasteiger partial charge on any atom is 0.255 e. The number of likely N-dealkylation sites (N-methyl/N-ethyl adjacent to an activating group) is 1. The number of halogens is 2. The molecule has 0 bridgehead atoms. The number of nitrogens with zero attached hydrogens (tertiary/aromatic N) is 1. The highest BCUT2D eigenvalue weighted by Crippen LogP contribution is 2.32. The summed E-state index contributed by atoms with van der Waals surface area (Å²) in [5, 5.41) is 9.78. The highest BCUT2D eigenvalue weighted by atomic mass is 79.9. The summed E-state index contributed by atoms with van der Waals surface area (Å²) in [6.45, 7) is 6.19. The summed E-state index contributed by atoms with van der Waals surface area (Å²) in [6, 6.07) is 1.80. The topological polar surface area (TPSA) is 40.5 Å². The fourth-order valence-electron chi connectivity index (χ4n) is 1.45. The number of amides is 1. The number of carbonyl (C=O) groups is 1. The Bertz CT molecular complexity index is 412. The highest BCUT2D eigenvalue weighted by Gasteiger charge is 2.24. The van der Waals surface area contributed by atoms with Gasteiger partial charge in [0.05, 0.1) is 18.7 Å². The molecule has 0 fully saturated rings. The van der Waals surface area contributed by atoms with E-state index in [4.69, 9.17) is 0 Å². The predicted octanol–water partition coefficient (Wildman–Crippen LogP) is 3.51. The molecule has 1 amide bonds. The summed E-state index contributed by atoms with van der Waals surface area (Å²) >= 11 is 8.19. The van der Waals surface area contributed by atoms with E-state index in [0.717, 1.165) is 7.57 Å². The molecule has 0 unspecified atom stereocenters. The first kappa shape index (κ1) is 15.1. The molecule has 17 heavy (non-hydrogen) atoms. The van der Waals surface area contributed by atoms with Crippen molar-refractivity contribution in [2.45, 2.75) is 26.4 Å². The van der Waals surface area contributed by atoms with E-state index in [0.29, 0.717) is 18.7 Å². The van der Waals surface area contributed by atoms with Crippen LogP contribution in [-0.4, -0.2) is 34.6 Å². The largest absolute Gasteiger partial charge is 0.389 e. The van der Waals surface area contributed by atoms with Crippen LogP contribution in [0.2, 0.25) is 0 Å². The summed E-state index contributed by atoms with van der Waals surface area (Å²) < 4.78 is 1.72. The van der Waals surface area contributed by atoms with Crippen molar-refractivity contribution in [2.24, 2.45) is 0 Å². The van der Waals surface area contributed by atoms with E-state index in [1.807, 2.05) is 6.92 Å². The van der Waals surface area contributed by atoms with Gasteiger partial charge in [0, 0.05) is 13.1 Å². The van der Waals surface area contributed by atoms with Gasteiger partial charge in [-0.1, -0.05) is 0 Å². The molecule has 96 valence electrons. The van der Waals surface area contributed by atoms with Crippen LogP contribution in [0.25, 0.3) is 0 Å². The van der Waals surface area contributed by atoms with E-state index in [-0.39, 0.29) is 5.91 Å². The Morgan fingerprint density at radius 3 is 2.47 bits per heavy atom. The monoisotopic (exact) mass is 383 g/mol. The maximum atomic E-state index is 12.3. The van der Waals surface area contributed by atoms with E-state index < -0.39 is 5.60 Å². The van der Waals surface area contributed by atoms with Crippen LogP contribution in [0, 0.1) is 0 Å². The average molecular weight is 385 g/mol. The fraction of sp³-hybridized carbons (Fsp3) is 0.545. The summed E-state index contributed by atoms with van der Waals surface area (Å²) in [4.78, 5) is 13.9. The minimum Gasteiger partial charge on any atom is -0.389 e. The molecule has 0 aliphatic carbocycles. The molecule has 0 atom stereocenters. The van der Waals surface area contributed by atoms with Gasteiger partial charge in [-0.25, -0.2) is 0 Å². The molecule has 1 N–H and O–H groups in total. The van der Waals surface area contributed by atoms with E-state index in [2.05, 4.69) is 31.9 Å². The van der Waals surface area contributed by atoms with Crippen LogP contribution in [0.5, 0.6) is 0 Å². The van der Waals surface area contributed by atoms with Crippen molar-refractivity contribution in [1.29, 1.82) is 0 Å². The second kappa shape index (κ2) is 5.82. The number of rotatable bonds is 4. The van der Waals surface area contributed by atoms with Gasteiger partial charge in [-0.2, -0.15) is 0 Å². The maximum absolute atomic E-state index is 12.3. The first-order chi connectivity index (χ1) is 7.74. The summed E-state index contributed by atoms with van der Waals surface area (Å²) in [5.41, 5.74) is -0.251. The lowest BCUT2D eigenvalue weighted by Crippen LogP contribution is -2.42. The first-order valence-electron chi connectivity index (χ1n) is 5.21. The van der Waals surface area contributed by atoms with Crippen LogP contribution in [0.1, 0.15) is 31.1 Å². The van der Waals surface area contributed by atoms with Crippen molar-refractivity contribution in [1.82, 2.24) is 4.90 Å². The Balaban J connectivity index is 2.90. The van der Waals surface area contributed by atoms with Crippen LogP contribution >= 0.6 is 43.2 Å². The minimum atomic E-state index is -0.884. The van der Waals surface area contributed by atoms with Crippen LogP contribution in [-0.2, 0) is 0 Å². The second-order valence-corrected chi connectivity index (χ2v) is 8.12. The number of thiophene rings is 1. The van der Waals surface area contributed by atoms with Crippen molar-refractivity contribution in [3.63, 3.8) is 0 Å². The molecule has 0 aromatic carbocycles. The minimum absolute atomic E-state index is 0.0662. The Hall–Kier alpha value is 0.0900. The lowest BCUT2D eigenvalue weighted by atomic mass is 10.1. The zero-order valence-electron chi connectivity index (χ0n) is 9.96. The number of carbonyl (C=O) groups excluding carboxylic acids is 1. The lowest BCUT2D eigenvalue weighted by Gasteiger charge is -2.28. The molecule has 0 aliphatic rings. The van der Waals surface area contributed by atoms with Gasteiger partial charge in [0.15, 0.2) is 0 Å². The third kappa shape index (κ3) is 4.35. The van der Waals surface area contributed by atoms with E-state index >= 15 is 0 Å². The van der Waals surface area contributed by atoms with Gasteiger partial charge in [0.2, 0.25) is 0 Å². The van der Waals surface area contributed by atoms with Crippen molar-refractivity contribution in [3.05, 3.63) is 19.2 Å². The molecule has 0 aliphatic heterocycles. The van der Waals surface area contributed by atoms with Crippen molar-refractivity contribution < 1.29 is 9.90 Å². The number of hydrogen-bond donors (Lipinski definition) is 1. The molecule has 0 saturated carbocycles. The molecule has 0 spiro atoms. The third-order valence-electron chi connectivity index (χ3n) is 2.13. The van der Waals surface area contributed by atoms with Crippen LogP contribution in [0.15, 0.2) is 13.6 Å². The molecule has 6 heteroatoms. The smallest absolute Gasteiger partial charge is 0.255 e. The zero-order chi connectivity index (χ0) is 13.2. The average Bonchev–Trinajstić information content (AvgIpc) is 2.52. The highest BCUT2D eigenvalue weighted by molar-refractivity contribution is 9.12. The molecule has 0 radical (unpaired) electrons. The SMILES string of the molecule is CCN(CC(C)(C)O)C(=O)c1cc(Br)sc1Br. The normalized spacial score (nSPS) is 11.6. The Morgan fingerprint density at radius 2 is 2.12 bits per heavy atom. The quantitative estimate of drug-likeness (QED) is 0.862. The fourth-order valence-corrected chi connectivity index (χ4v) is 4.23. The second-order valence-electron chi connectivity index (χ2n) is 4.37. The zero-order valence-corrected chi connectivity index (χ0v) is 13.9. The van der Waals surface area contributed by atoms with Crippen molar-refractivity contribution in [3.8, 4) is 0 Å². The third-order valence-corrected chi connectivity index (χ3v) is 4.47. The van der Waals surface area contributed by atoms with E-state index in [9.17, 15) is 9.90 Å². The van der Waals surface area contributed by atoms with Crippen LogP contribution in [0.4, 0.5) is 0 Å². The number of hydrogen-bond acceptors (Lipinski definition) is 3. The van der Waals surface area contributed by atoms with Gasteiger partial charge in [-0.3, -0.25) is 4.79 Å². The number of aliphatic hydroxyl groups is 1. The van der Waals surface area contributed by atoms with Crippen LogP contribution < -0.4 is 0 Å². The van der Waals surface area contributed by atoms with Gasteiger partial charge in [-0.05, 0) is 58.7 Å². The molecule has 1 heterocycles. The molecule has 3 nitrogen and oxygen atoms in total. The first-order valence-corrected chi connectivity index (χ1v) is 7.61. The van der Waals surface area contributed by atoms with Crippen LogP contribution in [0.3, 0.4) is 0 Å². The van der Waals surface area contributed by atoms with Crippen molar-refractivity contribution >= 4 is 49.1 Å².